The molecule has 1 heterocycles. The molecule has 4 aromatic rings. The van der Waals surface area contributed by atoms with Crippen LogP contribution in [-0.2, 0) is 16.6 Å². The van der Waals surface area contributed by atoms with Gasteiger partial charge in [0.1, 0.15) is 5.03 Å². The van der Waals surface area contributed by atoms with Crippen molar-refractivity contribution in [3.63, 3.8) is 0 Å². The standard InChI is InChI=1S/C23H17ClN2OS2/c24-18-11-13-21(14-12-18)29(27)16-19-15-22(28-20-9-5-2-6-10-20)26-23(25-19)17-7-3-1-4-8-17/h1-15H,16H2/t29-/m0/s1. The number of hydrogen-bond donors (Lipinski definition) is 0. The van der Waals surface area contributed by atoms with Gasteiger partial charge < -0.3 is 0 Å². The van der Waals surface area contributed by atoms with Crippen LogP contribution in [0.2, 0.25) is 5.02 Å². The van der Waals surface area contributed by atoms with E-state index in [0.29, 0.717) is 16.6 Å². The summed E-state index contributed by atoms with van der Waals surface area (Å²) in [5.41, 5.74) is 1.67. The van der Waals surface area contributed by atoms with Gasteiger partial charge in [-0.3, -0.25) is 4.21 Å². The van der Waals surface area contributed by atoms with Crippen LogP contribution in [0.1, 0.15) is 5.69 Å². The van der Waals surface area contributed by atoms with Crippen molar-refractivity contribution in [3.8, 4) is 11.4 Å². The average molecular weight is 437 g/mol. The number of aromatic nitrogens is 2. The second kappa shape index (κ2) is 9.35. The Kier molecular flexibility index (Phi) is 6.39. The van der Waals surface area contributed by atoms with Crippen LogP contribution in [0.3, 0.4) is 0 Å². The highest BCUT2D eigenvalue weighted by Crippen LogP contribution is 2.29. The van der Waals surface area contributed by atoms with Crippen molar-refractivity contribution in [2.24, 2.45) is 0 Å². The van der Waals surface area contributed by atoms with Gasteiger partial charge in [-0.2, -0.15) is 0 Å². The summed E-state index contributed by atoms with van der Waals surface area (Å²) in [5, 5.41) is 1.45. The summed E-state index contributed by atoms with van der Waals surface area (Å²) in [4.78, 5) is 11.2. The molecule has 0 amide bonds. The van der Waals surface area contributed by atoms with E-state index in [1.165, 1.54) is 0 Å². The quantitative estimate of drug-likeness (QED) is 0.335. The fourth-order valence-electron chi connectivity index (χ4n) is 2.73. The van der Waals surface area contributed by atoms with Crippen LogP contribution in [0.4, 0.5) is 0 Å². The van der Waals surface area contributed by atoms with Crippen LogP contribution in [-0.4, -0.2) is 14.2 Å². The minimum Gasteiger partial charge on any atom is -0.254 e. The number of hydrogen-bond acceptors (Lipinski definition) is 4. The van der Waals surface area contributed by atoms with Gasteiger partial charge in [0.25, 0.3) is 0 Å². The van der Waals surface area contributed by atoms with Crippen molar-refractivity contribution in [1.82, 2.24) is 9.97 Å². The highest BCUT2D eigenvalue weighted by Gasteiger charge is 2.12. The fourth-order valence-corrected chi connectivity index (χ4v) is 4.74. The number of benzene rings is 3. The molecule has 4 rings (SSSR count). The Hall–Kier alpha value is -2.47. The molecule has 0 saturated carbocycles. The van der Waals surface area contributed by atoms with Gasteiger partial charge in [-0.15, -0.1) is 0 Å². The van der Waals surface area contributed by atoms with Crippen LogP contribution < -0.4 is 0 Å². The molecule has 1 aromatic heterocycles. The Labute approximate surface area is 181 Å². The zero-order valence-corrected chi connectivity index (χ0v) is 17.8. The van der Waals surface area contributed by atoms with E-state index in [4.69, 9.17) is 16.6 Å². The van der Waals surface area contributed by atoms with Crippen molar-refractivity contribution in [1.29, 1.82) is 0 Å². The molecule has 0 saturated heterocycles. The summed E-state index contributed by atoms with van der Waals surface area (Å²) < 4.78 is 12.8. The lowest BCUT2D eigenvalue weighted by molar-refractivity contribution is 0.682. The lowest BCUT2D eigenvalue weighted by Crippen LogP contribution is -2.02. The monoisotopic (exact) mass is 436 g/mol. The Morgan fingerprint density at radius 2 is 1.48 bits per heavy atom. The maximum atomic E-state index is 12.8. The predicted molar refractivity (Wildman–Crippen MR) is 120 cm³/mol. The molecule has 0 spiro atoms. The Morgan fingerprint density at radius 3 is 2.17 bits per heavy atom. The maximum absolute atomic E-state index is 12.8. The van der Waals surface area contributed by atoms with Crippen molar-refractivity contribution in [2.45, 2.75) is 20.6 Å². The summed E-state index contributed by atoms with van der Waals surface area (Å²) in [6.07, 6.45) is 0. The molecule has 0 bridgehead atoms. The fraction of sp³-hybridized carbons (Fsp3) is 0.0435. The van der Waals surface area contributed by atoms with Crippen molar-refractivity contribution >= 4 is 34.2 Å². The minimum atomic E-state index is -1.22. The zero-order chi connectivity index (χ0) is 20.1. The average Bonchev–Trinajstić information content (AvgIpc) is 2.75. The van der Waals surface area contributed by atoms with E-state index in [1.54, 1.807) is 36.0 Å². The molecule has 0 aliphatic heterocycles. The first-order valence-corrected chi connectivity index (χ1v) is 11.5. The normalized spacial score (nSPS) is 11.9. The van der Waals surface area contributed by atoms with E-state index in [9.17, 15) is 4.21 Å². The summed E-state index contributed by atoms with van der Waals surface area (Å²) >= 11 is 7.51. The zero-order valence-electron chi connectivity index (χ0n) is 15.4. The first-order chi connectivity index (χ1) is 14.2. The van der Waals surface area contributed by atoms with E-state index < -0.39 is 10.8 Å². The second-order valence-corrected chi connectivity index (χ2v) is 9.23. The lowest BCUT2D eigenvalue weighted by atomic mass is 10.2. The number of rotatable bonds is 6. The van der Waals surface area contributed by atoms with E-state index >= 15 is 0 Å². The molecule has 144 valence electrons. The van der Waals surface area contributed by atoms with Crippen molar-refractivity contribution < 1.29 is 4.21 Å². The molecule has 0 aliphatic carbocycles. The Bertz CT molecular complexity index is 1120. The van der Waals surface area contributed by atoms with Crippen LogP contribution in [0, 0.1) is 0 Å². The molecule has 1 atom stereocenters. The van der Waals surface area contributed by atoms with Gasteiger partial charge in [-0.05, 0) is 42.5 Å². The summed E-state index contributed by atoms with van der Waals surface area (Å²) in [6, 6.07) is 28.9. The molecule has 0 radical (unpaired) electrons. The van der Waals surface area contributed by atoms with E-state index in [2.05, 4.69) is 4.98 Å². The topological polar surface area (TPSA) is 42.9 Å². The van der Waals surface area contributed by atoms with Gasteiger partial charge in [-0.25, -0.2) is 9.97 Å². The third kappa shape index (κ3) is 5.32. The van der Waals surface area contributed by atoms with Crippen molar-refractivity contribution in [2.75, 3.05) is 0 Å². The molecule has 0 unspecified atom stereocenters. The first-order valence-electron chi connectivity index (χ1n) is 8.97. The van der Waals surface area contributed by atoms with Crippen LogP contribution >= 0.6 is 23.4 Å². The molecule has 0 fully saturated rings. The molecule has 6 heteroatoms. The van der Waals surface area contributed by atoms with Gasteiger partial charge in [0.2, 0.25) is 0 Å². The SMILES string of the molecule is O=[S@@](Cc1cc(Sc2ccccc2)nc(-c2ccccc2)n1)c1ccc(Cl)cc1. The summed E-state index contributed by atoms with van der Waals surface area (Å²) in [6.45, 7) is 0. The number of nitrogens with zero attached hydrogens (tertiary/aromatic N) is 2. The van der Waals surface area contributed by atoms with E-state index in [1.807, 2.05) is 66.7 Å². The van der Waals surface area contributed by atoms with Gasteiger partial charge >= 0.3 is 0 Å². The Balaban J connectivity index is 1.67. The predicted octanol–water partition coefficient (Wildman–Crippen LogP) is 6.26. The molecular formula is C23H17ClN2OS2. The first kappa shape index (κ1) is 19.8. The third-order valence-electron chi connectivity index (χ3n) is 4.11. The molecule has 3 aromatic carbocycles. The summed E-state index contributed by atoms with van der Waals surface area (Å²) in [5.74, 6) is 0.946. The van der Waals surface area contributed by atoms with Gasteiger partial charge in [-0.1, -0.05) is 71.9 Å². The molecular weight excluding hydrogens is 420 g/mol. The smallest absolute Gasteiger partial charge is 0.160 e. The third-order valence-corrected chi connectivity index (χ3v) is 6.64. The highest BCUT2D eigenvalue weighted by atomic mass is 35.5. The summed E-state index contributed by atoms with van der Waals surface area (Å²) in [7, 11) is -1.22. The van der Waals surface area contributed by atoms with Gasteiger partial charge in [0, 0.05) is 20.4 Å². The van der Waals surface area contributed by atoms with Crippen LogP contribution in [0.15, 0.2) is 106 Å². The molecule has 0 aliphatic rings. The molecule has 29 heavy (non-hydrogen) atoms. The lowest BCUT2D eigenvalue weighted by Gasteiger charge is -2.09. The maximum Gasteiger partial charge on any atom is 0.160 e. The largest absolute Gasteiger partial charge is 0.254 e. The van der Waals surface area contributed by atoms with Crippen LogP contribution in [0.25, 0.3) is 11.4 Å². The minimum absolute atomic E-state index is 0.312. The van der Waals surface area contributed by atoms with Crippen molar-refractivity contribution in [3.05, 3.63) is 102 Å². The van der Waals surface area contributed by atoms with E-state index in [0.717, 1.165) is 26.1 Å². The Morgan fingerprint density at radius 1 is 0.828 bits per heavy atom. The van der Waals surface area contributed by atoms with Crippen LogP contribution in [0.5, 0.6) is 0 Å². The highest BCUT2D eigenvalue weighted by molar-refractivity contribution is 7.99. The second-order valence-electron chi connectivity index (χ2n) is 6.25. The molecule has 0 N–H and O–H groups in total. The van der Waals surface area contributed by atoms with Gasteiger partial charge in [0.05, 0.1) is 22.2 Å². The number of halogens is 1. The van der Waals surface area contributed by atoms with Gasteiger partial charge in [0.15, 0.2) is 5.82 Å². The van der Waals surface area contributed by atoms with E-state index in [-0.39, 0.29) is 0 Å². The molecule has 3 nitrogen and oxygen atoms in total.